The van der Waals surface area contributed by atoms with Crippen molar-refractivity contribution in [2.75, 3.05) is 33.4 Å². The molecule has 5 heterocycles. The van der Waals surface area contributed by atoms with E-state index in [2.05, 4.69) is 26.6 Å². The SMILES string of the molecule is COC(=O)c1ccc2nc(CN3CCC(c4cccc5c4O[C@H](c4ccc(Cl)cn4)CO5)CC3)n(C[C@@H]3CCO3)c2c1. The number of likely N-dealkylation sites (tertiary alicyclic amines) is 1. The standard InChI is InChI=1S/C32H33ClN4O5/c1-39-32(38)21-5-7-25-27(15-21)37(17-23-11-14-40-23)30(35-25)18-36-12-9-20(10-13-36)24-3-2-4-28-31(24)42-29(19-41-28)26-8-6-22(33)16-34-26/h2-8,15-16,20,23,29H,9-14,17-19H2,1H3/t23-,29-/m0/s1. The second-order valence-corrected chi connectivity index (χ2v) is 11.6. The van der Waals surface area contributed by atoms with Gasteiger partial charge in [0.25, 0.3) is 0 Å². The number of carbonyl (C=O) groups excluding carboxylic acids is 1. The molecule has 9 nitrogen and oxygen atoms in total. The lowest BCUT2D eigenvalue weighted by atomic mass is 9.88. The minimum absolute atomic E-state index is 0.173. The smallest absolute Gasteiger partial charge is 0.337 e. The summed E-state index contributed by atoms with van der Waals surface area (Å²) in [5.74, 6) is 2.63. The third-order valence-electron chi connectivity index (χ3n) is 8.56. The molecule has 0 radical (unpaired) electrons. The molecule has 10 heteroatoms. The molecule has 2 aromatic heterocycles. The Morgan fingerprint density at radius 1 is 1.12 bits per heavy atom. The minimum Gasteiger partial charge on any atom is -0.485 e. The average molecular weight is 589 g/mol. The number of carbonyl (C=O) groups is 1. The lowest BCUT2D eigenvalue weighted by Crippen LogP contribution is -2.35. The van der Waals surface area contributed by atoms with Crippen molar-refractivity contribution in [3.05, 3.63) is 82.4 Å². The number of hydrogen-bond donors (Lipinski definition) is 0. The summed E-state index contributed by atoms with van der Waals surface area (Å²) >= 11 is 6.04. The number of pyridine rings is 1. The summed E-state index contributed by atoms with van der Waals surface area (Å²) in [6.07, 6.45) is 4.58. The van der Waals surface area contributed by atoms with E-state index in [0.29, 0.717) is 23.1 Å². The van der Waals surface area contributed by atoms with Crippen molar-refractivity contribution in [2.45, 2.75) is 50.5 Å². The van der Waals surface area contributed by atoms with E-state index in [-0.39, 0.29) is 18.2 Å². The molecule has 0 aliphatic carbocycles. The summed E-state index contributed by atoms with van der Waals surface area (Å²) in [7, 11) is 1.40. The molecule has 2 aromatic carbocycles. The Morgan fingerprint density at radius 2 is 1.98 bits per heavy atom. The molecule has 4 aromatic rings. The summed E-state index contributed by atoms with van der Waals surface area (Å²) < 4.78 is 25.5. The Hall–Kier alpha value is -3.66. The fourth-order valence-corrected chi connectivity index (χ4v) is 6.25. The van der Waals surface area contributed by atoms with Crippen LogP contribution in [0.25, 0.3) is 11.0 Å². The highest BCUT2D eigenvalue weighted by atomic mass is 35.5. The van der Waals surface area contributed by atoms with Gasteiger partial charge in [0.15, 0.2) is 17.6 Å². The van der Waals surface area contributed by atoms with Crippen LogP contribution in [0.15, 0.2) is 54.7 Å². The first kappa shape index (κ1) is 27.2. The zero-order valence-electron chi connectivity index (χ0n) is 23.5. The van der Waals surface area contributed by atoms with E-state index in [9.17, 15) is 4.79 Å². The van der Waals surface area contributed by atoms with Crippen molar-refractivity contribution in [3.63, 3.8) is 0 Å². The first-order valence-electron chi connectivity index (χ1n) is 14.5. The van der Waals surface area contributed by atoms with Crippen molar-refractivity contribution < 1.29 is 23.7 Å². The Morgan fingerprint density at radius 3 is 2.71 bits per heavy atom. The van der Waals surface area contributed by atoms with Gasteiger partial charge >= 0.3 is 5.97 Å². The number of rotatable bonds is 7. The van der Waals surface area contributed by atoms with Crippen LogP contribution in [0, 0.1) is 0 Å². The third-order valence-corrected chi connectivity index (χ3v) is 8.78. The molecule has 0 bridgehead atoms. The molecule has 218 valence electrons. The number of ether oxygens (including phenoxy) is 4. The molecular formula is C32H33ClN4O5. The van der Waals surface area contributed by atoms with Gasteiger partial charge in [0, 0.05) is 18.4 Å². The maximum atomic E-state index is 12.2. The van der Waals surface area contributed by atoms with Crippen LogP contribution in [0.1, 0.15) is 58.7 Å². The first-order valence-corrected chi connectivity index (χ1v) is 14.9. The van der Waals surface area contributed by atoms with Crippen LogP contribution in [0.4, 0.5) is 0 Å². The molecular weight excluding hydrogens is 556 g/mol. The van der Waals surface area contributed by atoms with Crippen molar-refractivity contribution in [1.29, 1.82) is 0 Å². The van der Waals surface area contributed by atoms with Gasteiger partial charge in [-0.3, -0.25) is 9.88 Å². The van der Waals surface area contributed by atoms with Gasteiger partial charge in [-0.25, -0.2) is 9.78 Å². The Kier molecular flexibility index (Phi) is 7.48. The van der Waals surface area contributed by atoms with E-state index in [0.717, 1.165) is 86.1 Å². The van der Waals surface area contributed by atoms with Gasteiger partial charge in [0.05, 0.1) is 53.6 Å². The monoisotopic (exact) mass is 588 g/mol. The number of benzene rings is 2. The first-order chi connectivity index (χ1) is 20.6. The molecule has 42 heavy (non-hydrogen) atoms. The molecule has 3 aliphatic rings. The number of hydrogen-bond acceptors (Lipinski definition) is 8. The predicted octanol–water partition coefficient (Wildman–Crippen LogP) is 5.55. The molecule has 0 spiro atoms. The zero-order valence-corrected chi connectivity index (χ0v) is 24.3. The fourth-order valence-electron chi connectivity index (χ4n) is 6.14. The summed E-state index contributed by atoms with van der Waals surface area (Å²) in [6.45, 7) is 4.55. The number of halogens is 1. The quantitative estimate of drug-likeness (QED) is 0.260. The van der Waals surface area contributed by atoms with Gasteiger partial charge in [-0.15, -0.1) is 0 Å². The van der Waals surface area contributed by atoms with Crippen molar-refractivity contribution in [1.82, 2.24) is 19.4 Å². The molecule has 3 aliphatic heterocycles. The van der Waals surface area contributed by atoms with Gasteiger partial charge in [-0.1, -0.05) is 23.7 Å². The van der Waals surface area contributed by atoms with E-state index >= 15 is 0 Å². The van der Waals surface area contributed by atoms with Crippen LogP contribution in [0.2, 0.25) is 5.02 Å². The number of imidazole rings is 1. The number of aromatic nitrogens is 3. The summed E-state index contributed by atoms with van der Waals surface area (Å²) in [6, 6.07) is 15.5. The Balaban J connectivity index is 1.07. The molecule has 0 amide bonds. The number of fused-ring (bicyclic) bond motifs is 2. The highest BCUT2D eigenvalue weighted by Gasteiger charge is 2.31. The molecule has 0 saturated carbocycles. The van der Waals surface area contributed by atoms with Crippen LogP contribution in [0.3, 0.4) is 0 Å². The number of methoxy groups -OCH3 is 1. The van der Waals surface area contributed by atoms with Gasteiger partial charge in [-0.2, -0.15) is 0 Å². The Bertz CT molecular complexity index is 1590. The molecule has 2 saturated heterocycles. The molecule has 2 fully saturated rings. The molecule has 0 N–H and O–H groups in total. The van der Waals surface area contributed by atoms with Crippen LogP contribution in [-0.2, 0) is 22.6 Å². The van der Waals surface area contributed by atoms with E-state index < -0.39 is 0 Å². The van der Waals surface area contributed by atoms with Crippen LogP contribution in [0.5, 0.6) is 11.5 Å². The van der Waals surface area contributed by atoms with Crippen LogP contribution < -0.4 is 9.47 Å². The highest BCUT2D eigenvalue weighted by molar-refractivity contribution is 6.30. The maximum absolute atomic E-state index is 12.2. The normalized spacial score (nSPS) is 20.8. The largest absolute Gasteiger partial charge is 0.485 e. The number of para-hydroxylation sites is 1. The van der Waals surface area contributed by atoms with Gasteiger partial charge < -0.3 is 23.5 Å². The predicted molar refractivity (Wildman–Crippen MR) is 157 cm³/mol. The van der Waals surface area contributed by atoms with Crippen molar-refractivity contribution >= 4 is 28.6 Å². The van der Waals surface area contributed by atoms with Gasteiger partial charge in [0.1, 0.15) is 12.4 Å². The van der Waals surface area contributed by atoms with Gasteiger partial charge in [-0.05, 0) is 74.7 Å². The molecule has 7 rings (SSSR count). The summed E-state index contributed by atoms with van der Waals surface area (Å²) in [5.41, 5.74) is 4.35. The van der Waals surface area contributed by atoms with Crippen molar-refractivity contribution in [3.8, 4) is 11.5 Å². The van der Waals surface area contributed by atoms with E-state index in [4.69, 9.17) is 35.5 Å². The lowest BCUT2D eigenvalue weighted by molar-refractivity contribution is -0.0592. The van der Waals surface area contributed by atoms with Crippen LogP contribution >= 0.6 is 11.6 Å². The fraction of sp³-hybridized carbons (Fsp3) is 0.406. The number of nitrogens with zero attached hydrogens (tertiary/aromatic N) is 4. The molecule has 0 unspecified atom stereocenters. The Labute approximate surface area is 249 Å². The lowest BCUT2D eigenvalue weighted by Gasteiger charge is -2.35. The number of esters is 1. The van der Waals surface area contributed by atoms with Crippen molar-refractivity contribution in [2.24, 2.45) is 0 Å². The summed E-state index contributed by atoms with van der Waals surface area (Å²) in [4.78, 5) is 24.1. The zero-order chi connectivity index (χ0) is 28.6. The van der Waals surface area contributed by atoms with E-state index in [1.54, 1.807) is 12.3 Å². The third kappa shape index (κ3) is 5.32. The van der Waals surface area contributed by atoms with E-state index in [1.807, 2.05) is 30.3 Å². The van der Waals surface area contributed by atoms with E-state index in [1.165, 1.54) is 12.7 Å². The van der Waals surface area contributed by atoms with Crippen LogP contribution in [-0.4, -0.2) is 64.9 Å². The van der Waals surface area contributed by atoms with Gasteiger partial charge in [0.2, 0.25) is 0 Å². The minimum atomic E-state index is -0.346. The molecule has 2 atom stereocenters. The second kappa shape index (κ2) is 11.6. The average Bonchev–Trinajstić information content (AvgIpc) is 3.34. The number of piperidine rings is 1. The summed E-state index contributed by atoms with van der Waals surface area (Å²) in [5, 5.41) is 0.598. The maximum Gasteiger partial charge on any atom is 0.337 e. The highest BCUT2D eigenvalue weighted by Crippen LogP contribution is 2.44. The second-order valence-electron chi connectivity index (χ2n) is 11.2. The topological polar surface area (TPSA) is 87.9 Å².